The van der Waals surface area contributed by atoms with Crippen LogP contribution < -0.4 is 34.3 Å². The molecule has 0 fully saturated rings. The average molecular weight is 580 g/mol. The zero-order valence-corrected chi connectivity index (χ0v) is 24.2. The minimum Gasteiger partial charge on any atom is -0.620 e. The second kappa shape index (κ2) is 11.8. The van der Waals surface area contributed by atoms with Crippen molar-refractivity contribution in [2.75, 3.05) is 13.1 Å². The summed E-state index contributed by atoms with van der Waals surface area (Å²) in [6.07, 6.45) is 2.51. The Morgan fingerprint density at radius 3 is 2.38 bits per heavy atom. The van der Waals surface area contributed by atoms with Gasteiger partial charge >= 0.3 is 36.2 Å². The van der Waals surface area contributed by atoms with Gasteiger partial charge in [0.05, 0.1) is 10.8 Å². The second-order valence-electron chi connectivity index (χ2n) is 7.41. The van der Waals surface area contributed by atoms with Crippen molar-refractivity contribution in [3.05, 3.63) is 63.7 Å². The number of alkyl halides is 2. The Labute approximate surface area is 243 Å². The van der Waals surface area contributed by atoms with Crippen molar-refractivity contribution in [3.8, 4) is 5.75 Å². The Bertz CT molecular complexity index is 1560. The van der Waals surface area contributed by atoms with Gasteiger partial charge in [0.1, 0.15) is 5.58 Å². The molecule has 2 aromatic carbocycles. The fraction of sp³-hybridized carbons (Fsp3) is 0.217. The summed E-state index contributed by atoms with van der Waals surface area (Å²) in [6, 6.07) is 6.43. The van der Waals surface area contributed by atoms with E-state index in [0.29, 0.717) is 0 Å². The van der Waals surface area contributed by atoms with Crippen LogP contribution in [0, 0.1) is 0 Å². The summed E-state index contributed by atoms with van der Waals surface area (Å²) in [7, 11) is -3.87. The molecule has 0 spiro atoms. The molecular weight excluding hydrogens is 562 g/mol. The van der Waals surface area contributed by atoms with Gasteiger partial charge < -0.3 is 19.3 Å². The average Bonchev–Trinajstić information content (AvgIpc) is 3.21. The standard InChI is InChI=1S/C23H19Cl2F2N3O5S.Na/c1-3-30(4-2)36(32,33)12-5-7-17-14(9-12)19-13(6-8-18(21(19)34-17)35-23(26)27)22(31)29-20-15(24)10-28-11-16(20)25;/h5-11,23H,3-4H2,1-2H3,(H,28,29,31);/q;+1/p-1. The summed E-state index contributed by atoms with van der Waals surface area (Å²) >= 11 is 12.2. The quantitative estimate of drug-likeness (QED) is 0.294. The van der Waals surface area contributed by atoms with Crippen LogP contribution in [0.15, 0.2) is 52.0 Å². The summed E-state index contributed by atoms with van der Waals surface area (Å²) < 4.78 is 63.9. The van der Waals surface area contributed by atoms with E-state index in [2.05, 4.69) is 15.0 Å². The van der Waals surface area contributed by atoms with Crippen molar-refractivity contribution in [1.82, 2.24) is 9.29 Å². The van der Waals surface area contributed by atoms with E-state index in [1.165, 1.54) is 41.0 Å². The molecule has 0 aliphatic rings. The van der Waals surface area contributed by atoms with Crippen molar-refractivity contribution in [2.45, 2.75) is 25.4 Å². The molecule has 14 heteroatoms. The normalized spacial score (nSPS) is 11.8. The number of rotatable bonds is 8. The molecule has 190 valence electrons. The molecule has 8 nitrogen and oxygen atoms in total. The van der Waals surface area contributed by atoms with Crippen LogP contribution in [0.4, 0.5) is 14.5 Å². The molecule has 2 aromatic heterocycles. The number of carbonyl (C=O) groups excluding carboxylic acids is 1. The second-order valence-corrected chi connectivity index (χ2v) is 10.2. The smallest absolute Gasteiger partial charge is 0.620 e. The van der Waals surface area contributed by atoms with Crippen LogP contribution in [-0.4, -0.2) is 43.3 Å². The summed E-state index contributed by atoms with van der Waals surface area (Å²) in [6.45, 7) is 0.723. The third kappa shape index (κ3) is 5.73. The molecule has 2 heterocycles. The number of amides is 1. The van der Waals surface area contributed by atoms with Crippen molar-refractivity contribution >= 4 is 66.8 Å². The number of halogens is 4. The molecule has 0 N–H and O–H groups in total. The van der Waals surface area contributed by atoms with Crippen molar-refractivity contribution < 1.29 is 60.7 Å². The van der Waals surface area contributed by atoms with Gasteiger partial charge in [0.15, 0.2) is 11.3 Å². The zero-order valence-electron chi connectivity index (χ0n) is 19.8. The summed E-state index contributed by atoms with van der Waals surface area (Å²) in [4.78, 5) is 17.0. The molecule has 4 rings (SSSR count). The fourth-order valence-corrected chi connectivity index (χ4v) is 5.68. The van der Waals surface area contributed by atoms with Gasteiger partial charge in [-0.15, -0.1) is 0 Å². The Morgan fingerprint density at radius 1 is 1.14 bits per heavy atom. The maximum atomic E-state index is 13.2. The number of benzene rings is 2. The number of ether oxygens (including phenoxy) is 1. The number of furan rings is 1. The number of hydrogen-bond donors (Lipinski definition) is 0. The van der Waals surface area contributed by atoms with Gasteiger partial charge in [0.2, 0.25) is 10.0 Å². The SMILES string of the molecule is CCN(CC)S(=O)(=O)c1ccc2oc3c(OC(F)F)ccc(C(=O)[N-]c4c(Cl)cncc4Cl)c3c2c1.[Na+]. The van der Waals surface area contributed by atoms with E-state index in [1.807, 2.05) is 0 Å². The first-order valence-corrected chi connectivity index (χ1v) is 12.8. The molecule has 0 bridgehead atoms. The molecule has 0 unspecified atom stereocenters. The molecule has 0 saturated heterocycles. The number of fused-ring (bicyclic) bond motifs is 3. The summed E-state index contributed by atoms with van der Waals surface area (Å²) in [5.74, 6) is -1.15. The fourth-order valence-electron chi connectivity index (χ4n) is 3.75. The van der Waals surface area contributed by atoms with Crippen LogP contribution >= 0.6 is 23.2 Å². The van der Waals surface area contributed by atoms with Crippen molar-refractivity contribution in [3.63, 3.8) is 0 Å². The van der Waals surface area contributed by atoms with E-state index in [1.54, 1.807) is 13.8 Å². The predicted octanol–water partition coefficient (Wildman–Crippen LogP) is 3.77. The minimum absolute atomic E-state index is 0. The van der Waals surface area contributed by atoms with Gasteiger partial charge in [-0.3, -0.25) is 4.98 Å². The first kappa shape index (κ1) is 29.6. The van der Waals surface area contributed by atoms with Gasteiger partial charge in [-0.2, -0.15) is 13.1 Å². The first-order valence-electron chi connectivity index (χ1n) is 10.6. The third-order valence-electron chi connectivity index (χ3n) is 5.39. The molecule has 4 aromatic rings. The maximum Gasteiger partial charge on any atom is 1.00 e. The monoisotopic (exact) mass is 579 g/mol. The molecule has 0 saturated carbocycles. The maximum absolute atomic E-state index is 13.2. The van der Waals surface area contributed by atoms with Crippen LogP contribution in [-0.2, 0) is 10.0 Å². The van der Waals surface area contributed by atoms with E-state index in [9.17, 15) is 22.0 Å². The first-order chi connectivity index (χ1) is 17.1. The molecule has 0 atom stereocenters. The van der Waals surface area contributed by atoms with Crippen LogP contribution in [0.25, 0.3) is 27.3 Å². The Morgan fingerprint density at radius 2 is 1.78 bits per heavy atom. The van der Waals surface area contributed by atoms with Gasteiger partial charge in [0.25, 0.3) is 0 Å². The van der Waals surface area contributed by atoms with Crippen LogP contribution in [0.2, 0.25) is 10.0 Å². The van der Waals surface area contributed by atoms with Gasteiger partial charge in [0, 0.05) is 51.9 Å². The van der Waals surface area contributed by atoms with Gasteiger partial charge in [-0.1, -0.05) is 42.7 Å². The number of hydrogen-bond acceptors (Lipinski definition) is 6. The Kier molecular flexibility index (Phi) is 9.44. The molecule has 0 aliphatic carbocycles. The van der Waals surface area contributed by atoms with Crippen LogP contribution in [0.5, 0.6) is 5.75 Å². The van der Waals surface area contributed by atoms with Gasteiger partial charge in [-0.25, -0.2) is 8.42 Å². The van der Waals surface area contributed by atoms with E-state index in [0.717, 1.165) is 6.07 Å². The number of pyridine rings is 1. The molecule has 37 heavy (non-hydrogen) atoms. The minimum atomic E-state index is -3.87. The van der Waals surface area contributed by atoms with E-state index >= 15 is 0 Å². The predicted molar refractivity (Wildman–Crippen MR) is 132 cm³/mol. The van der Waals surface area contributed by atoms with Crippen molar-refractivity contribution in [2.24, 2.45) is 0 Å². The Hall–Kier alpha value is -1.99. The van der Waals surface area contributed by atoms with E-state index in [-0.39, 0.29) is 96.5 Å². The summed E-state index contributed by atoms with van der Waals surface area (Å²) in [5.41, 5.74) is -0.109. The Balaban J connectivity index is 0.00000380. The van der Waals surface area contributed by atoms with E-state index < -0.39 is 22.5 Å². The largest absolute Gasteiger partial charge is 1.00 e. The zero-order chi connectivity index (χ0) is 26.2. The molecule has 1 amide bonds. The van der Waals surface area contributed by atoms with Crippen molar-refractivity contribution in [1.29, 1.82) is 0 Å². The molecule has 0 aliphatic heterocycles. The summed E-state index contributed by atoms with van der Waals surface area (Å²) in [5, 5.41) is 4.28. The van der Waals surface area contributed by atoms with E-state index in [4.69, 9.17) is 27.6 Å². The topological polar surface area (TPSA) is 104 Å². The molecular formula is C23H18Cl2F2N3NaO5S. The van der Waals surface area contributed by atoms with Gasteiger partial charge in [-0.05, 0) is 30.3 Å². The number of aromatic nitrogens is 1. The third-order valence-corrected chi connectivity index (χ3v) is 7.98. The number of carbonyl (C=O) groups is 1. The molecule has 0 radical (unpaired) electrons. The van der Waals surface area contributed by atoms with Crippen LogP contribution in [0.1, 0.15) is 24.2 Å². The van der Waals surface area contributed by atoms with Crippen LogP contribution in [0.3, 0.4) is 0 Å². The number of nitrogens with zero attached hydrogens (tertiary/aromatic N) is 3. The number of sulfonamides is 1.